The molecule has 1 aromatic heterocycles. The summed E-state index contributed by atoms with van der Waals surface area (Å²) in [6.45, 7) is 0. The molecule has 0 aliphatic heterocycles. The van der Waals surface area contributed by atoms with E-state index in [-0.39, 0.29) is 22.8 Å². The Labute approximate surface area is 228 Å². The molecule has 2 fully saturated rings. The molecule has 38 heavy (non-hydrogen) atoms. The van der Waals surface area contributed by atoms with E-state index in [9.17, 15) is 8.42 Å². The van der Waals surface area contributed by atoms with E-state index in [1.807, 2.05) is 20.2 Å². The Bertz CT molecular complexity index is 1390. The molecule has 0 unspecified atom stereocenters. The zero-order chi connectivity index (χ0) is 26.9. The van der Waals surface area contributed by atoms with Crippen LogP contribution in [-0.2, 0) is 15.6 Å². The highest BCUT2D eigenvalue weighted by atomic mass is 35.5. The van der Waals surface area contributed by atoms with Crippen LogP contribution in [0.3, 0.4) is 0 Å². The standard InChI is InChI=1S/C28H32ClFN4O3S/c1-34(2)27-13-19(18-4-3-5-22(12-18)37-21-7-8-21)6-9-25(27)33-26-15-24(30)28(14-23(26)29)38(35,36)16-20-10-11-31-17-32-20/h3-5,10-12,14-15,17,19,21,25,27,33H,6-9,13,16H2,1-2H3/t19-,25-,27-/m0/s1. The SMILES string of the molecule is CN(C)[C@H]1C[C@@H](c2cccc(OC3CC3)c2)CC[C@@H]1Nc1cc(F)c(S(=O)(=O)Cc2ccncn2)cc1Cl. The van der Waals surface area contributed by atoms with Gasteiger partial charge in [-0.2, -0.15) is 0 Å². The fraction of sp³-hybridized carbons (Fsp3) is 0.429. The Morgan fingerprint density at radius 2 is 1.95 bits per heavy atom. The molecule has 3 atom stereocenters. The number of aromatic nitrogens is 2. The third-order valence-electron chi connectivity index (χ3n) is 7.32. The second-order valence-corrected chi connectivity index (χ2v) is 12.8. The van der Waals surface area contributed by atoms with Gasteiger partial charge in [-0.15, -0.1) is 0 Å². The maximum absolute atomic E-state index is 15.1. The average molecular weight is 559 g/mol. The van der Waals surface area contributed by atoms with Crippen LogP contribution in [0.1, 0.15) is 49.3 Å². The van der Waals surface area contributed by atoms with Crippen LogP contribution in [-0.4, -0.2) is 55.6 Å². The molecule has 0 saturated heterocycles. The fourth-order valence-corrected chi connectivity index (χ4v) is 6.81. The van der Waals surface area contributed by atoms with E-state index in [0.29, 0.717) is 17.7 Å². The largest absolute Gasteiger partial charge is 0.490 e. The molecule has 0 spiro atoms. The molecule has 2 saturated carbocycles. The Kier molecular flexibility index (Phi) is 7.88. The molecule has 2 aliphatic rings. The molecule has 2 aromatic carbocycles. The summed E-state index contributed by atoms with van der Waals surface area (Å²) in [5, 5.41) is 3.58. The first-order chi connectivity index (χ1) is 18.2. The zero-order valence-electron chi connectivity index (χ0n) is 21.5. The quantitative estimate of drug-likeness (QED) is 0.373. The zero-order valence-corrected chi connectivity index (χ0v) is 23.1. The van der Waals surface area contributed by atoms with Crippen LogP contribution >= 0.6 is 11.6 Å². The van der Waals surface area contributed by atoms with Crippen molar-refractivity contribution in [2.75, 3.05) is 19.4 Å². The minimum absolute atomic E-state index is 0.0209. The van der Waals surface area contributed by atoms with Crippen molar-refractivity contribution in [1.29, 1.82) is 0 Å². The monoisotopic (exact) mass is 558 g/mol. The summed E-state index contributed by atoms with van der Waals surface area (Å²) < 4.78 is 46.9. The molecule has 0 radical (unpaired) electrons. The predicted molar refractivity (Wildman–Crippen MR) is 146 cm³/mol. The Morgan fingerprint density at radius 1 is 1.13 bits per heavy atom. The van der Waals surface area contributed by atoms with Crippen LogP contribution in [0.2, 0.25) is 5.02 Å². The molecular formula is C28H32ClFN4O3S. The minimum Gasteiger partial charge on any atom is -0.490 e. The molecule has 3 aromatic rings. The molecule has 0 amide bonds. The Morgan fingerprint density at radius 3 is 2.66 bits per heavy atom. The lowest BCUT2D eigenvalue weighted by molar-refractivity contribution is 0.196. The number of anilines is 1. The lowest BCUT2D eigenvalue weighted by Crippen LogP contribution is -2.47. The average Bonchev–Trinajstić information content (AvgIpc) is 3.70. The van der Waals surface area contributed by atoms with Gasteiger partial charge in [-0.25, -0.2) is 22.8 Å². The number of rotatable bonds is 9. The number of likely N-dealkylation sites (N-methyl/N-ethyl adjacent to an activating group) is 1. The summed E-state index contributed by atoms with van der Waals surface area (Å²) in [5.74, 6) is 0.0386. The number of ether oxygens (including phenoxy) is 1. The van der Waals surface area contributed by atoms with E-state index in [1.165, 1.54) is 36.3 Å². The Hall–Kier alpha value is -2.75. The van der Waals surface area contributed by atoms with Crippen molar-refractivity contribution in [2.45, 2.75) is 66.9 Å². The van der Waals surface area contributed by atoms with Crippen molar-refractivity contribution in [3.05, 3.63) is 77.1 Å². The predicted octanol–water partition coefficient (Wildman–Crippen LogP) is 5.46. The topological polar surface area (TPSA) is 84.4 Å². The molecule has 1 N–H and O–H groups in total. The molecule has 2 aliphatic carbocycles. The number of sulfone groups is 1. The van der Waals surface area contributed by atoms with Crippen LogP contribution < -0.4 is 10.1 Å². The fourth-order valence-electron chi connectivity index (χ4n) is 5.16. The van der Waals surface area contributed by atoms with Crippen LogP contribution in [0, 0.1) is 5.82 Å². The van der Waals surface area contributed by atoms with Gasteiger partial charge in [0.25, 0.3) is 0 Å². The van der Waals surface area contributed by atoms with Crippen molar-refractivity contribution in [2.24, 2.45) is 0 Å². The molecule has 5 rings (SSSR count). The normalized spacial score (nSPS) is 21.9. The van der Waals surface area contributed by atoms with Gasteiger partial charge in [0, 0.05) is 18.3 Å². The number of halogens is 2. The van der Waals surface area contributed by atoms with Crippen molar-refractivity contribution >= 4 is 27.1 Å². The van der Waals surface area contributed by atoms with Gasteiger partial charge in [-0.05, 0) is 88.0 Å². The van der Waals surface area contributed by atoms with Crippen molar-refractivity contribution in [1.82, 2.24) is 14.9 Å². The van der Waals surface area contributed by atoms with Crippen LogP contribution in [0.5, 0.6) is 5.75 Å². The summed E-state index contributed by atoms with van der Waals surface area (Å²) in [6.07, 6.45) is 8.05. The van der Waals surface area contributed by atoms with Gasteiger partial charge in [0.2, 0.25) is 0 Å². The number of nitrogens with one attached hydrogen (secondary N) is 1. The summed E-state index contributed by atoms with van der Waals surface area (Å²) in [6, 6.07) is 12.5. The van der Waals surface area contributed by atoms with Gasteiger partial charge in [0.1, 0.15) is 22.8 Å². The van der Waals surface area contributed by atoms with E-state index in [1.54, 1.807) is 0 Å². The summed E-state index contributed by atoms with van der Waals surface area (Å²) in [5.41, 5.74) is 1.95. The maximum atomic E-state index is 15.1. The van der Waals surface area contributed by atoms with Gasteiger partial charge < -0.3 is 15.0 Å². The van der Waals surface area contributed by atoms with Crippen molar-refractivity contribution in [3.63, 3.8) is 0 Å². The van der Waals surface area contributed by atoms with Crippen molar-refractivity contribution in [3.8, 4) is 5.75 Å². The van der Waals surface area contributed by atoms with Crippen LogP contribution in [0.4, 0.5) is 10.1 Å². The van der Waals surface area contributed by atoms with E-state index < -0.39 is 26.3 Å². The third kappa shape index (κ3) is 6.27. The summed E-state index contributed by atoms with van der Waals surface area (Å²) in [4.78, 5) is 9.47. The summed E-state index contributed by atoms with van der Waals surface area (Å²) in [7, 11) is 0.100. The second kappa shape index (κ2) is 11.2. The first kappa shape index (κ1) is 26.8. The molecule has 7 nitrogen and oxygen atoms in total. The molecule has 0 bridgehead atoms. The van der Waals surface area contributed by atoms with Gasteiger partial charge in [0.05, 0.1) is 28.3 Å². The molecule has 202 valence electrons. The van der Waals surface area contributed by atoms with E-state index in [2.05, 4.69) is 38.4 Å². The van der Waals surface area contributed by atoms with Gasteiger partial charge in [-0.3, -0.25) is 0 Å². The number of hydrogen-bond acceptors (Lipinski definition) is 7. The van der Waals surface area contributed by atoms with E-state index >= 15 is 4.39 Å². The highest BCUT2D eigenvalue weighted by molar-refractivity contribution is 7.90. The number of nitrogens with zero attached hydrogens (tertiary/aromatic N) is 3. The van der Waals surface area contributed by atoms with Crippen LogP contribution in [0.25, 0.3) is 0 Å². The van der Waals surface area contributed by atoms with Gasteiger partial charge >= 0.3 is 0 Å². The van der Waals surface area contributed by atoms with Crippen molar-refractivity contribution < 1.29 is 17.5 Å². The first-order valence-electron chi connectivity index (χ1n) is 12.9. The lowest BCUT2D eigenvalue weighted by atomic mass is 9.78. The highest BCUT2D eigenvalue weighted by Crippen LogP contribution is 2.39. The Balaban J connectivity index is 1.31. The lowest BCUT2D eigenvalue weighted by Gasteiger charge is -2.41. The van der Waals surface area contributed by atoms with Crippen LogP contribution in [0.15, 0.2) is 59.9 Å². The van der Waals surface area contributed by atoms with E-state index in [4.69, 9.17) is 16.3 Å². The molecule has 10 heteroatoms. The number of benzene rings is 2. The number of hydrogen-bond donors (Lipinski definition) is 1. The third-order valence-corrected chi connectivity index (χ3v) is 9.29. The molecular weight excluding hydrogens is 527 g/mol. The smallest absolute Gasteiger partial charge is 0.187 e. The highest BCUT2D eigenvalue weighted by Gasteiger charge is 2.34. The van der Waals surface area contributed by atoms with Gasteiger partial charge in [-0.1, -0.05) is 23.7 Å². The van der Waals surface area contributed by atoms with Gasteiger partial charge in [0.15, 0.2) is 9.84 Å². The maximum Gasteiger partial charge on any atom is 0.187 e. The minimum atomic E-state index is -3.98. The second-order valence-electron chi connectivity index (χ2n) is 10.4. The molecule has 1 heterocycles. The first-order valence-corrected chi connectivity index (χ1v) is 14.9. The van der Waals surface area contributed by atoms with E-state index in [0.717, 1.165) is 37.9 Å². The summed E-state index contributed by atoms with van der Waals surface area (Å²) >= 11 is 6.50.